The molecule has 0 spiro atoms. The molecule has 0 aromatic heterocycles. The smallest absolute Gasteiger partial charge is 0.305 e. The monoisotopic (exact) mass is 702 g/mol. The first kappa shape index (κ1) is 48.9. The van der Waals surface area contributed by atoms with E-state index < -0.39 is 0 Å². The van der Waals surface area contributed by atoms with Gasteiger partial charge in [0, 0.05) is 12.5 Å². The highest BCUT2D eigenvalue weighted by molar-refractivity contribution is 5.69. The Balaban J connectivity index is 4.05. The minimum atomic E-state index is 0.0318. The van der Waals surface area contributed by atoms with Crippen LogP contribution in [0.2, 0.25) is 0 Å². The van der Waals surface area contributed by atoms with E-state index in [1.54, 1.807) is 0 Å². The molecular formula is C47H91NO2. The van der Waals surface area contributed by atoms with Crippen molar-refractivity contribution in [1.29, 1.82) is 0 Å². The fraction of sp³-hybridized carbons (Fsp3) is 0.894. The Labute approximate surface area is 315 Å². The van der Waals surface area contributed by atoms with Crippen molar-refractivity contribution in [3.05, 3.63) is 24.3 Å². The van der Waals surface area contributed by atoms with Crippen LogP contribution in [0.15, 0.2) is 24.3 Å². The molecule has 0 bridgehead atoms. The summed E-state index contributed by atoms with van der Waals surface area (Å²) in [6.07, 6.45) is 49.2. The summed E-state index contributed by atoms with van der Waals surface area (Å²) in [7, 11) is 2.29. The molecule has 0 saturated carbocycles. The van der Waals surface area contributed by atoms with Crippen LogP contribution in [-0.4, -0.2) is 37.1 Å². The van der Waals surface area contributed by atoms with Crippen LogP contribution in [0.3, 0.4) is 0 Å². The summed E-state index contributed by atoms with van der Waals surface area (Å²) in [6, 6.07) is 0.632. The van der Waals surface area contributed by atoms with Crippen LogP contribution >= 0.6 is 0 Å². The van der Waals surface area contributed by atoms with Crippen LogP contribution in [0.25, 0.3) is 0 Å². The Kier molecular flexibility index (Phi) is 38.3. The van der Waals surface area contributed by atoms with Gasteiger partial charge in [-0.2, -0.15) is 0 Å². The lowest BCUT2D eigenvalue weighted by Gasteiger charge is -2.24. The largest absolute Gasteiger partial charge is 0.466 e. The van der Waals surface area contributed by atoms with E-state index in [2.05, 4.69) is 70.9 Å². The Morgan fingerprint density at radius 3 is 1.46 bits per heavy atom. The van der Waals surface area contributed by atoms with Crippen molar-refractivity contribution in [2.75, 3.05) is 20.2 Å². The van der Waals surface area contributed by atoms with E-state index in [0.717, 1.165) is 31.1 Å². The molecule has 0 radical (unpaired) electrons. The summed E-state index contributed by atoms with van der Waals surface area (Å²) in [4.78, 5) is 14.9. The topological polar surface area (TPSA) is 29.5 Å². The molecule has 296 valence electrons. The van der Waals surface area contributed by atoms with Gasteiger partial charge in [-0.05, 0) is 90.6 Å². The highest BCUT2D eigenvalue weighted by Crippen LogP contribution is 2.24. The van der Waals surface area contributed by atoms with E-state index in [9.17, 15) is 4.79 Å². The van der Waals surface area contributed by atoms with E-state index in [1.165, 1.54) is 180 Å². The Bertz CT molecular complexity index is 733. The molecule has 0 aromatic carbocycles. The molecule has 50 heavy (non-hydrogen) atoms. The SMILES string of the molecule is CCCCC/C=C\C/C=C\CCCCCCCCCC(CCCCCCCC(=O)OCCC(CCCCC)CCCCC)CCN(C)C(C)C. The third-order valence-corrected chi connectivity index (χ3v) is 11.0. The van der Waals surface area contributed by atoms with Gasteiger partial charge in [-0.3, -0.25) is 4.79 Å². The first-order chi connectivity index (χ1) is 24.4. The number of allylic oxidation sites excluding steroid dienone is 4. The Morgan fingerprint density at radius 2 is 0.940 bits per heavy atom. The summed E-state index contributed by atoms with van der Waals surface area (Å²) in [5.41, 5.74) is 0. The van der Waals surface area contributed by atoms with Crippen LogP contribution < -0.4 is 0 Å². The molecule has 3 nitrogen and oxygen atoms in total. The van der Waals surface area contributed by atoms with Gasteiger partial charge in [0.05, 0.1) is 6.61 Å². The minimum Gasteiger partial charge on any atom is -0.466 e. The van der Waals surface area contributed by atoms with Crippen LogP contribution in [0.4, 0.5) is 0 Å². The molecule has 0 saturated heterocycles. The first-order valence-electron chi connectivity index (χ1n) is 22.6. The second-order valence-corrected chi connectivity index (χ2v) is 16.1. The van der Waals surface area contributed by atoms with E-state index in [4.69, 9.17) is 4.74 Å². The van der Waals surface area contributed by atoms with Gasteiger partial charge in [0.2, 0.25) is 0 Å². The van der Waals surface area contributed by atoms with E-state index in [-0.39, 0.29) is 5.97 Å². The van der Waals surface area contributed by atoms with E-state index in [0.29, 0.717) is 19.1 Å². The summed E-state index contributed by atoms with van der Waals surface area (Å²) in [5.74, 6) is 1.64. The molecule has 0 amide bonds. The van der Waals surface area contributed by atoms with Crippen LogP contribution in [0, 0.1) is 11.8 Å². The van der Waals surface area contributed by atoms with Gasteiger partial charge in [0.1, 0.15) is 0 Å². The molecule has 0 N–H and O–H groups in total. The first-order valence-corrected chi connectivity index (χ1v) is 22.6. The molecule has 3 heteroatoms. The second-order valence-electron chi connectivity index (χ2n) is 16.1. The molecule has 0 aliphatic heterocycles. The van der Waals surface area contributed by atoms with Crippen molar-refractivity contribution in [1.82, 2.24) is 4.90 Å². The van der Waals surface area contributed by atoms with E-state index >= 15 is 0 Å². The Hall–Kier alpha value is -1.09. The average Bonchev–Trinajstić information content (AvgIpc) is 3.10. The third kappa shape index (κ3) is 35.3. The minimum absolute atomic E-state index is 0.0318. The quantitative estimate of drug-likeness (QED) is 0.0363. The van der Waals surface area contributed by atoms with Crippen molar-refractivity contribution in [2.24, 2.45) is 11.8 Å². The maximum absolute atomic E-state index is 12.4. The lowest BCUT2D eigenvalue weighted by molar-refractivity contribution is -0.144. The van der Waals surface area contributed by atoms with E-state index in [1.807, 2.05) is 0 Å². The van der Waals surface area contributed by atoms with Crippen molar-refractivity contribution in [3.8, 4) is 0 Å². The number of hydrogen-bond acceptors (Lipinski definition) is 3. The molecule has 1 atom stereocenters. The number of nitrogens with zero attached hydrogens (tertiary/aromatic N) is 1. The highest BCUT2D eigenvalue weighted by Gasteiger charge is 2.13. The fourth-order valence-electron chi connectivity index (χ4n) is 7.12. The van der Waals surface area contributed by atoms with Gasteiger partial charge in [-0.25, -0.2) is 0 Å². The summed E-state index contributed by atoms with van der Waals surface area (Å²) in [6.45, 7) is 13.3. The number of ether oxygens (including phenoxy) is 1. The zero-order valence-corrected chi connectivity index (χ0v) is 35.1. The Morgan fingerprint density at radius 1 is 0.520 bits per heavy atom. The molecule has 0 fully saturated rings. The summed E-state index contributed by atoms with van der Waals surface area (Å²) >= 11 is 0. The molecule has 0 aliphatic carbocycles. The molecule has 0 rings (SSSR count). The number of carbonyl (C=O) groups excluding carboxylic acids is 1. The maximum atomic E-state index is 12.4. The van der Waals surface area contributed by atoms with Crippen LogP contribution in [0.5, 0.6) is 0 Å². The van der Waals surface area contributed by atoms with Crippen molar-refractivity contribution in [2.45, 2.75) is 240 Å². The fourth-order valence-corrected chi connectivity index (χ4v) is 7.12. The van der Waals surface area contributed by atoms with Crippen LogP contribution in [0.1, 0.15) is 234 Å². The number of hydrogen-bond donors (Lipinski definition) is 0. The average molecular weight is 702 g/mol. The zero-order valence-electron chi connectivity index (χ0n) is 35.1. The highest BCUT2D eigenvalue weighted by atomic mass is 16.5. The zero-order chi connectivity index (χ0) is 36.8. The van der Waals surface area contributed by atoms with Crippen molar-refractivity contribution in [3.63, 3.8) is 0 Å². The van der Waals surface area contributed by atoms with Crippen molar-refractivity contribution >= 4 is 5.97 Å². The standard InChI is InChI=1S/C47H91NO2/c1-7-10-13-14-15-16-17-18-19-20-21-22-23-24-25-27-32-37-45(40-42-48(6)44(4)5)38-33-28-26-29-34-39-47(49)50-43-41-46(35-30-11-8-2)36-31-12-9-3/h15-16,18-19,44-46H,7-14,17,20-43H2,1-6H3/b16-15-,19-18-. The normalized spacial score (nSPS) is 12.8. The van der Waals surface area contributed by atoms with Gasteiger partial charge in [-0.1, -0.05) is 186 Å². The summed E-state index contributed by atoms with van der Waals surface area (Å²) in [5, 5.41) is 0. The van der Waals surface area contributed by atoms with Crippen LogP contribution in [-0.2, 0) is 9.53 Å². The van der Waals surface area contributed by atoms with Gasteiger partial charge in [0.15, 0.2) is 0 Å². The number of esters is 1. The summed E-state index contributed by atoms with van der Waals surface area (Å²) < 4.78 is 5.67. The van der Waals surface area contributed by atoms with Gasteiger partial charge >= 0.3 is 5.97 Å². The molecule has 1 unspecified atom stereocenters. The molecule has 0 aliphatic rings. The molecule has 0 heterocycles. The number of unbranched alkanes of at least 4 members (excludes halogenated alkanes) is 18. The molecule has 0 aromatic rings. The second kappa shape index (κ2) is 39.1. The number of rotatable bonds is 39. The third-order valence-electron chi connectivity index (χ3n) is 11.0. The maximum Gasteiger partial charge on any atom is 0.305 e. The van der Waals surface area contributed by atoms with Gasteiger partial charge in [-0.15, -0.1) is 0 Å². The predicted molar refractivity (Wildman–Crippen MR) is 224 cm³/mol. The number of carbonyl (C=O) groups is 1. The van der Waals surface area contributed by atoms with Gasteiger partial charge < -0.3 is 9.64 Å². The van der Waals surface area contributed by atoms with Crippen molar-refractivity contribution < 1.29 is 9.53 Å². The van der Waals surface area contributed by atoms with Gasteiger partial charge in [0.25, 0.3) is 0 Å². The lowest BCUT2D eigenvalue weighted by atomic mass is 9.91. The lowest BCUT2D eigenvalue weighted by Crippen LogP contribution is -2.28. The molecular weight excluding hydrogens is 611 g/mol. The predicted octanol–water partition coefficient (Wildman–Crippen LogP) is 15.4.